The number of fused-ring (bicyclic) bond motifs is 1. The first-order valence-electron chi connectivity index (χ1n) is 9.40. The normalized spacial score (nSPS) is 25.8. The molecule has 2 aliphatic rings. The second-order valence-electron chi connectivity index (χ2n) is 7.54. The third-order valence-corrected chi connectivity index (χ3v) is 5.94. The number of likely N-dealkylation sites (tertiary alicyclic amines) is 1. The number of rotatable bonds is 3. The molecule has 25 heavy (non-hydrogen) atoms. The summed E-state index contributed by atoms with van der Waals surface area (Å²) >= 11 is 0. The van der Waals surface area contributed by atoms with Crippen LogP contribution in [0.15, 0.2) is 30.3 Å². The standard InChI is InChI=1S/C20H26N4O/c1-14-12-16-10-6-7-11-17(16)24(14)19(25)13-18-21-22-20(23(18)2)15-8-4-3-5-9-15/h3-5,8-9,14,16-17H,6-7,10-13H2,1-2H3/t14-,16-,17+/m1/s1. The van der Waals surface area contributed by atoms with Gasteiger partial charge in [-0.1, -0.05) is 43.2 Å². The summed E-state index contributed by atoms with van der Waals surface area (Å²) in [6.07, 6.45) is 6.50. The molecule has 1 aliphatic carbocycles. The van der Waals surface area contributed by atoms with Crippen molar-refractivity contribution < 1.29 is 4.79 Å². The van der Waals surface area contributed by atoms with Crippen LogP contribution in [0.5, 0.6) is 0 Å². The largest absolute Gasteiger partial charge is 0.336 e. The first-order valence-corrected chi connectivity index (χ1v) is 9.40. The van der Waals surface area contributed by atoms with Crippen molar-refractivity contribution in [1.82, 2.24) is 19.7 Å². The lowest BCUT2D eigenvalue weighted by atomic mass is 9.85. The number of carbonyl (C=O) groups is 1. The molecule has 2 aromatic rings. The highest BCUT2D eigenvalue weighted by molar-refractivity contribution is 5.79. The van der Waals surface area contributed by atoms with Crippen molar-refractivity contribution in [2.45, 2.75) is 57.5 Å². The van der Waals surface area contributed by atoms with Gasteiger partial charge in [0.25, 0.3) is 0 Å². The second-order valence-corrected chi connectivity index (χ2v) is 7.54. The van der Waals surface area contributed by atoms with Crippen LogP contribution in [-0.4, -0.2) is 37.7 Å². The van der Waals surface area contributed by atoms with E-state index in [1.165, 1.54) is 19.3 Å². The van der Waals surface area contributed by atoms with Crippen LogP contribution in [0.4, 0.5) is 0 Å². The first-order chi connectivity index (χ1) is 12.1. The molecule has 132 valence electrons. The van der Waals surface area contributed by atoms with Gasteiger partial charge in [-0.05, 0) is 32.1 Å². The van der Waals surface area contributed by atoms with E-state index in [0.717, 1.165) is 30.1 Å². The Morgan fingerprint density at radius 1 is 1.16 bits per heavy atom. The Balaban J connectivity index is 1.52. The van der Waals surface area contributed by atoms with Crippen molar-refractivity contribution >= 4 is 5.91 Å². The lowest BCUT2D eigenvalue weighted by Gasteiger charge is -2.33. The summed E-state index contributed by atoms with van der Waals surface area (Å²) in [4.78, 5) is 15.2. The van der Waals surface area contributed by atoms with Gasteiger partial charge in [0.1, 0.15) is 5.82 Å². The fraction of sp³-hybridized carbons (Fsp3) is 0.550. The molecule has 5 nitrogen and oxygen atoms in total. The van der Waals surface area contributed by atoms with Crippen LogP contribution in [0.2, 0.25) is 0 Å². The zero-order valence-electron chi connectivity index (χ0n) is 15.1. The highest BCUT2D eigenvalue weighted by Crippen LogP contribution is 2.39. The van der Waals surface area contributed by atoms with Crippen LogP contribution in [0.25, 0.3) is 11.4 Å². The predicted molar refractivity (Wildman–Crippen MR) is 96.8 cm³/mol. The van der Waals surface area contributed by atoms with E-state index in [9.17, 15) is 4.79 Å². The molecule has 1 amide bonds. The maximum atomic E-state index is 13.0. The molecule has 4 rings (SSSR count). The number of hydrogen-bond acceptors (Lipinski definition) is 3. The Kier molecular flexibility index (Phi) is 4.32. The van der Waals surface area contributed by atoms with Gasteiger partial charge in [-0.2, -0.15) is 0 Å². The zero-order valence-corrected chi connectivity index (χ0v) is 15.1. The average molecular weight is 338 g/mol. The summed E-state index contributed by atoms with van der Waals surface area (Å²) in [7, 11) is 1.95. The highest BCUT2D eigenvalue weighted by atomic mass is 16.2. The Morgan fingerprint density at radius 2 is 1.92 bits per heavy atom. The van der Waals surface area contributed by atoms with E-state index < -0.39 is 0 Å². The van der Waals surface area contributed by atoms with Crippen molar-refractivity contribution in [3.63, 3.8) is 0 Å². The molecular weight excluding hydrogens is 312 g/mol. The van der Waals surface area contributed by atoms with Crippen LogP contribution in [0.1, 0.15) is 44.9 Å². The van der Waals surface area contributed by atoms with Gasteiger partial charge in [0.2, 0.25) is 5.91 Å². The van der Waals surface area contributed by atoms with Gasteiger partial charge in [-0.3, -0.25) is 4.79 Å². The first kappa shape index (κ1) is 16.3. The highest BCUT2D eigenvalue weighted by Gasteiger charge is 2.42. The fourth-order valence-corrected chi connectivity index (χ4v) is 4.72. The SMILES string of the molecule is C[C@@H]1C[C@H]2CCCC[C@@H]2N1C(=O)Cc1nnc(-c2ccccc2)n1C. The maximum Gasteiger partial charge on any atom is 0.230 e. The predicted octanol–water partition coefficient (Wildman–Crippen LogP) is 3.20. The molecule has 1 saturated heterocycles. The minimum absolute atomic E-state index is 0.206. The van der Waals surface area contributed by atoms with E-state index in [1.807, 2.05) is 41.9 Å². The second kappa shape index (κ2) is 6.62. The summed E-state index contributed by atoms with van der Waals surface area (Å²) in [5.74, 6) is 2.47. The Hall–Kier alpha value is -2.17. The molecule has 1 aromatic carbocycles. The molecule has 2 heterocycles. The van der Waals surface area contributed by atoms with Gasteiger partial charge in [0.05, 0.1) is 6.42 Å². The van der Waals surface area contributed by atoms with Gasteiger partial charge >= 0.3 is 0 Å². The Bertz CT molecular complexity index is 754. The van der Waals surface area contributed by atoms with Crippen molar-refractivity contribution in [2.24, 2.45) is 13.0 Å². The Labute approximate surface area is 149 Å². The van der Waals surface area contributed by atoms with E-state index >= 15 is 0 Å². The third-order valence-electron chi connectivity index (χ3n) is 5.94. The van der Waals surface area contributed by atoms with Crippen LogP contribution < -0.4 is 0 Å². The molecule has 1 aliphatic heterocycles. The molecule has 0 N–H and O–H groups in total. The zero-order chi connectivity index (χ0) is 17.4. The molecule has 1 aromatic heterocycles. The van der Waals surface area contributed by atoms with Gasteiger partial charge in [-0.15, -0.1) is 10.2 Å². The van der Waals surface area contributed by atoms with Gasteiger partial charge < -0.3 is 9.47 Å². The molecule has 0 radical (unpaired) electrons. The average Bonchev–Trinajstić information content (AvgIpc) is 3.15. The van der Waals surface area contributed by atoms with E-state index in [1.54, 1.807) is 0 Å². The summed E-state index contributed by atoms with van der Waals surface area (Å²) < 4.78 is 1.95. The van der Waals surface area contributed by atoms with Crippen molar-refractivity contribution in [1.29, 1.82) is 0 Å². The number of hydrogen-bond donors (Lipinski definition) is 0. The number of nitrogens with zero attached hydrogens (tertiary/aromatic N) is 4. The molecule has 0 spiro atoms. The monoisotopic (exact) mass is 338 g/mol. The minimum atomic E-state index is 0.206. The van der Waals surface area contributed by atoms with Gasteiger partial charge in [-0.25, -0.2) is 0 Å². The van der Waals surface area contributed by atoms with Crippen molar-refractivity contribution in [3.05, 3.63) is 36.2 Å². The van der Waals surface area contributed by atoms with E-state index in [-0.39, 0.29) is 5.91 Å². The van der Waals surface area contributed by atoms with Crippen molar-refractivity contribution in [2.75, 3.05) is 0 Å². The lowest BCUT2D eigenvalue weighted by Crippen LogP contribution is -2.43. The quantitative estimate of drug-likeness (QED) is 0.863. The van der Waals surface area contributed by atoms with Gasteiger partial charge in [0.15, 0.2) is 5.82 Å². The van der Waals surface area contributed by atoms with E-state index in [0.29, 0.717) is 24.4 Å². The maximum absolute atomic E-state index is 13.0. The lowest BCUT2D eigenvalue weighted by molar-refractivity contribution is -0.134. The van der Waals surface area contributed by atoms with Crippen LogP contribution in [-0.2, 0) is 18.3 Å². The molecule has 5 heteroatoms. The van der Waals surface area contributed by atoms with E-state index in [4.69, 9.17) is 0 Å². The minimum Gasteiger partial charge on any atom is -0.336 e. The number of amides is 1. The van der Waals surface area contributed by atoms with Crippen LogP contribution >= 0.6 is 0 Å². The van der Waals surface area contributed by atoms with Crippen LogP contribution in [0.3, 0.4) is 0 Å². The van der Waals surface area contributed by atoms with Crippen LogP contribution in [0, 0.1) is 5.92 Å². The number of benzene rings is 1. The number of carbonyl (C=O) groups excluding carboxylic acids is 1. The molecular formula is C20H26N4O. The fourth-order valence-electron chi connectivity index (χ4n) is 4.72. The molecule has 3 atom stereocenters. The summed E-state index contributed by atoms with van der Waals surface area (Å²) in [6.45, 7) is 2.20. The molecule has 1 saturated carbocycles. The summed E-state index contributed by atoms with van der Waals surface area (Å²) in [5.41, 5.74) is 1.03. The molecule has 2 fully saturated rings. The van der Waals surface area contributed by atoms with Crippen molar-refractivity contribution in [3.8, 4) is 11.4 Å². The smallest absolute Gasteiger partial charge is 0.230 e. The molecule has 0 bridgehead atoms. The third kappa shape index (κ3) is 2.96. The molecule has 0 unspecified atom stereocenters. The number of aromatic nitrogens is 3. The summed E-state index contributed by atoms with van der Waals surface area (Å²) in [6, 6.07) is 10.8. The topological polar surface area (TPSA) is 51.0 Å². The van der Waals surface area contributed by atoms with E-state index in [2.05, 4.69) is 22.0 Å². The Morgan fingerprint density at radius 3 is 2.72 bits per heavy atom. The van der Waals surface area contributed by atoms with Gasteiger partial charge in [0, 0.05) is 24.7 Å². The summed E-state index contributed by atoms with van der Waals surface area (Å²) in [5, 5.41) is 8.61.